The van der Waals surface area contributed by atoms with Gasteiger partial charge < -0.3 is 4.74 Å². The number of nitrogens with zero attached hydrogens (tertiary/aromatic N) is 1. The lowest BCUT2D eigenvalue weighted by Crippen LogP contribution is -2.06. The first-order valence-corrected chi connectivity index (χ1v) is 6.44. The van der Waals surface area contributed by atoms with Crippen LogP contribution in [0.25, 0.3) is 0 Å². The van der Waals surface area contributed by atoms with Gasteiger partial charge in [-0.15, -0.1) is 0 Å². The lowest BCUT2D eigenvalue weighted by atomic mass is 10.0. The van der Waals surface area contributed by atoms with Gasteiger partial charge in [0.2, 0.25) is 5.88 Å². The molecule has 0 amide bonds. The second kappa shape index (κ2) is 6.34. The summed E-state index contributed by atoms with van der Waals surface area (Å²) in [4.78, 5) is 15.5. The SMILES string of the molecule is CCc1cccc(C(=O)Cl)c1COc1ccccn1. The van der Waals surface area contributed by atoms with E-state index in [-0.39, 0.29) is 6.61 Å². The van der Waals surface area contributed by atoms with E-state index in [0.29, 0.717) is 11.4 Å². The number of rotatable bonds is 5. The van der Waals surface area contributed by atoms with Crippen LogP contribution in [0.1, 0.15) is 28.4 Å². The van der Waals surface area contributed by atoms with Gasteiger partial charge >= 0.3 is 0 Å². The van der Waals surface area contributed by atoms with E-state index in [2.05, 4.69) is 4.98 Å². The maximum absolute atomic E-state index is 11.4. The number of benzene rings is 1. The van der Waals surface area contributed by atoms with Gasteiger partial charge in [0.1, 0.15) is 6.61 Å². The summed E-state index contributed by atoms with van der Waals surface area (Å²) in [6.45, 7) is 2.32. The maximum atomic E-state index is 11.4. The molecule has 0 aliphatic carbocycles. The van der Waals surface area contributed by atoms with Gasteiger partial charge in [0.25, 0.3) is 5.24 Å². The average Bonchev–Trinajstić information content (AvgIpc) is 2.45. The molecule has 0 N–H and O–H groups in total. The van der Waals surface area contributed by atoms with Crippen molar-refractivity contribution in [3.05, 3.63) is 59.3 Å². The van der Waals surface area contributed by atoms with E-state index >= 15 is 0 Å². The Balaban J connectivity index is 2.25. The first-order chi connectivity index (χ1) is 9.22. The molecule has 0 atom stereocenters. The van der Waals surface area contributed by atoms with Crippen LogP contribution in [0.4, 0.5) is 0 Å². The Morgan fingerprint density at radius 3 is 2.74 bits per heavy atom. The van der Waals surface area contributed by atoms with Gasteiger partial charge in [0.05, 0.1) is 0 Å². The summed E-state index contributed by atoms with van der Waals surface area (Å²) in [6.07, 6.45) is 2.48. The largest absolute Gasteiger partial charge is 0.473 e. The Morgan fingerprint density at radius 1 is 1.26 bits per heavy atom. The Labute approximate surface area is 117 Å². The molecule has 0 saturated carbocycles. The second-order valence-corrected chi connectivity index (χ2v) is 4.37. The molecule has 0 unspecified atom stereocenters. The highest BCUT2D eigenvalue weighted by molar-refractivity contribution is 6.67. The van der Waals surface area contributed by atoms with E-state index < -0.39 is 5.24 Å². The van der Waals surface area contributed by atoms with E-state index in [4.69, 9.17) is 16.3 Å². The van der Waals surface area contributed by atoms with Crippen molar-refractivity contribution in [1.82, 2.24) is 4.98 Å². The Morgan fingerprint density at radius 2 is 2.11 bits per heavy atom. The van der Waals surface area contributed by atoms with Crippen molar-refractivity contribution < 1.29 is 9.53 Å². The van der Waals surface area contributed by atoms with E-state index in [9.17, 15) is 4.79 Å². The quantitative estimate of drug-likeness (QED) is 0.783. The number of hydrogen-bond donors (Lipinski definition) is 0. The minimum Gasteiger partial charge on any atom is -0.473 e. The van der Waals surface area contributed by atoms with Gasteiger partial charge in [-0.3, -0.25) is 4.79 Å². The van der Waals surface area contributed by atoms with Crippen molar-refractivity contribution in [2.75, 3.05) is 0 Å². The summed E-state index contributed by atoms with van der Waals surface area (Å²) in [7, 11) is 0. The zero-order chi connectivity index (χ0) is 13.7. The molecule has 1 aromatic carbocycles. The minimum atomic E-state index is -0.463. The van der Waals surface area contributed by atoms with Crippen molar-refractivity contribution in [2.24, 2.45) is 0 Å². The van der Waals surface area contributed by atoms with Crippen LogP contribution >= 0.6 is 11.6 Å². The molecule has 19 heavy (non-hydrogen) atoms. The standard InChI is InChI=1S/C15H14ClNO2/c1-2-11-6-5-7-12(15(16)18)13(11)10-19-14-8-3-4-9-17-14/h3-9H,2,10H2,1H3. The van der Waals surface area contributed by atoms with Crippen LogP contribution in [0, 0.1) is 0 Å². The van der Waals surface area contributed by atoms with E-state index in [1.807, 2.05) is 31.2 Å². The molecule has 1 heterocycles. The number of carbonyl (C=O) groups is 1. The molecule has 0 spiro atoms. The van der Waals surface area contributed by atoms with Crippen LogP contribution in [-0.4, -0.2) is 10.2 Å². The van der Waals surface area contributed by atoms with E-state index in [1.54, 1.807) is 18.3 Å². The molecule has 0 fully saturated rings. The number of ether oxygens (including phenoxy) is 1. The summed E-state index contributed by atoms with van der Waals surface area (Å²) >= 11 is 5.61. The predicted octanol–water partition coefficient (Wildman–Crippen LogP) is 3.60. The first kappa shape index (κ1) is 13.6. The topological polar surface area (TPSA) is 39.2 Å². The maximum Gasteiger partial charge on any atom is 0.252 e. The number of hydrogen-bond acceptors (Lipinski definition) is 3. The van der Waals surface area contributed by atoms with Crippen LogP contribution < -0.4 is 4.74 Å². The van der Waals surface area contributed by atoms with Gasteiger partial charge in [-0.25, -0.2) is 4.98 Å². The van der Waals surface area contributed by atoms with Crippen molar-refractivity contribution in [2.45, 2.75) is 20.0 Å². The third kappa shape index (κ3) is 3.32. The fourth-order valence-electron chi connectivity index (χ4n) is 1.90. The smallest absolute Gasteiger partial charge is 0.252 e. The molecular weight excluding hydrogens is 262 g/mol. The lowest BCUT2D eigenvalue weighted by molar-refractivity contribution is 0.107. The second-order valence-electron chi connectivity index (χ2n) is 4.03. The summed E-state index contributed by atoms with van der Waals surface area (Å²) in [5, 5.41) is -0.463. The fraction of sp³-hybridized carbons (Fsp3) is 0.200. The highest BCUT2D eigenvalue weighted by Gasteiger charge is 2.13. The van der Waals surface area contributed by atoms with Crippen molar-refractivity contribution in [1.29, 1.82) is 0 Å². The first-order valence-electron chi connectivity index (χ1n) is 6.06. The molecule has 2 aromatic rings. The zero-order valence-electron chi connectivity index (χ0n) is 10.6. The van der Waals surface area contributed by atoms with Crippen LogP contribution in [0.5, 0.6) is 5.88 Å². The fourth-order valence-corrected chi connectivity index (χ4v) is 2.08. The third-order valence-electron chi connectivity index (χ3n) is 2.87. The number of aromatic nitrogens is 1. The Kier molecular flexibility index (Phi) is 4.53. The van der Waals surface area contributed by atoms with Gasteiger partial charge in [-0.05, 0) is 35.7 Å². The molecule has 0 aliphatic heterocycles. The molecule has 1 aromatic heterocycles. The number of halogens is 1. The molecule has 2 rings (SSSR count). The van der Waals surface area contributed by atoms with Crippen LogP contribution in [0.3, 0.4) is 0 Å². The normalized spacial score (nSPS) is 10.2. The number of aryl methyl sites for hydroxylation is 1. The summed E-state index contributed by atoms with van der Waals surface area (Å²) in [6, 6.07) is 11.0. The monoisotopic (exact) mass is 275 g/mol. The molecule has 0 aliphatic rings. The van der Waals surface area contributed by atoms with Crippen LogP contribution in [0.15, 0.2) is 42.6 Å². The highest BCUT2D eigenvalue weighted by atomic mass is 35.5. The summed E-state index contributed by atoms with van der Waals surface area (Å²) < 4.78 is 5.60. The number of pyridine rings is 1. The highest BCUT2D eigenvalue weighted by Crippen LogP contribution is 2.19. The van der Waals surface area contributed by atoms with Gasteiger partial charge in [-0.2, -0.15) is 0 Å². The van der Waals surface area contributed by atoms with Crippen molar-refractivity contribution >= 4 is 16.8 Å². The predicted molar refractivity (Wildman–Crippen MR) is 74.6 cm³/mol. The van der Waals surface area contributed by atoms with E-state index in [0.717, 1.165) is 17.5 Å². The zero-order valence-corrected chi connectivity index (χ0v) is 11.4. The summed E-state index contributed by atoms with van der Waals surface area (Å²) in [5.41, 5.74) is 2.38. The molecule has 3 nitrogen and oxygen atoms in total. The molecular formula is C15H14ClNO2. The Hall–Kier alpha value is -1.87. The van der Waals surface area contributed by atoms with Crippen molar-refractivity contribution in [3.63, 3.8) is 0 Å². The molecule has 4 heteroatoms. The average molecular weight is 276 g/mol. The van der Waals surface area contributed by atoms with Crippen molar-refractivity contribution in [3.8, 4) is 5.88 Å². The van der Waals surface area contributed by atoms with Crippen LogP contribution in [0.2, 0.25) is 0 Å². The van der Waals surface area contributed by atoms with E-state index in [1.165, 1.54) is 0 Å². The third-order valence-corrected chi connectivity index (χ3v) is 3.07. The van der Waals surface area contributed by atoms with Crippen LogP contribution in [-0.2, 0) is 13.0 Å². The molecule has 98 valence electrons. The molecule has 0 saturated heterocycles. The molecule has 0 radical (unpaired) electrons. The molecule has 0 bridgehead atoms. The Bertz CT molecular complexity index is 570. The lowest BCUT2D eigenvalue weighted by Gasteiger charge is -2.12. The minimum absolute atomic E-state index is 0.287. The number of carbonyl (C=O) groups excluding carboxylic acids is 1. The van der Waals surface area contributed by atoms with Gasteiger partial charge in [-0.1, -0.05) is 25.1 Å². The van der Waals surface area contributed by atoms with Gasteiger partial charge in [0.15, 0.2) is 0 Å². The summed E-state index contributed by atoms with van der Waals surface area (Å²) in [5.74, 6) is 0.529. The van der Waals surface area contributed by atoms with Gasteiger partial charge in [0, 0.05) is 23.4 Å².